The number of hydrazine groups is 1. The molecule has 0 unspecified atom stereocenters. The molecule has 1 aliphatic rings. The van der Waals surface area contributed by atoms with Gasteiger partial charge in [0.2, 0.25) is 5.91 Å². The largest absolute Gasteiger partial charge is 0.275 e. The molecule has 0 aromatic heterocycles. The van der Waals surface area contributed by atoms with Gasteiger partial charge in [-0.15, -0.1) is 0 Å². The van der Waals surface area contributed by atoms with Crippen molar-refractivity contribution in [3.8, 4) is 0 Å². The van der Waals surface area contributed by atoms with Crippen molar-refractivity contribution in [3.05, 3.63) is 34.9 Å². The molecule has 0 spiro atoms. The zero-order valence-corrected chi connectivity index (χ0v) is 10.3. The smallest absolute Gasteiger partial charge is 0.273 e. The molecular weight excluding hydrogens is 216 g/mol. The van der Waals surface area contributed by atoms with Crippen molar-refractivity contribution in [2.24, 2.45) is 5.84 Å². The summed E-state index contributed by atoms with van der Waals surface area (Å²) in [6, 6.07) is 5.60. The molecule has 4 heteroatoms. The first-order valence-electron chi connectivity index (χ1n) is 5.56. The molecule has 0 aliphatic carbocycles. The fourth-order valence-electron chi connectivity index (χ4n) is 1.91. The molecule has 2 rings (SSSR count). The van der Waals surface area contributed by atoms with E-state index in [-0.39, 0.29) is 17.7 Å². The average molecular weight is 232 g/mol. The second kappa shape index (κ2) is 3.67. The third-order valence-electron chi connectivity index (χ3n) is 3.03. The van der Waals surface area contributed by atoms with Crippen LogP contribution in [-0.4, -0.2) is 16.8 Å². The third-order valence-corrected chi connectivity index (χ3v) is 3.03. The van der Waals surface area contributed by atoms with Gasteiger partial charge in [0.25, 0.3) is 5.91 Å². The van der Waals surface area contributed by atoms with Crippen molar-refractivity contribution in [2.45, 2.75) is 32.6 Å². The number of nitrogens with zero attached hydrogens (tertiary/aromatic N) is 1. The molecule has 2 N–H and O–H groups in total. The summed E-state index contributed by atoms with van der Waals surface area (Å²) in [4.78, 5) is 23.3. The Bertz CT molecular complexity index is 501. The van der Waals surface area contributed by atoms with E-state index in [9.17, 15) is 9.59 Å². The molecule has 1 aromatic carbocycles. The Morgan fingerprint density at radius 2 is 1.88 bits per heavy atom. The van der Waals surface area contributed by atoms with Gasteiger partial charge in [-0.1, -0.05) is 32.9 Å². The number of nitrogens with two attached hydrogens (primary N) is 1. The summed E-state index contributed by atoms with van der Waals surface area (Å²) in [6.45, 7) is 6.28. The van der Waals surface area contributed by atoms with Crippen LogP contribution in [0.1, 0.15) is 42.3 Å². The van der Waals surface area contributed by atoms with Gasteiger partial charge in [0.15, 0.2) is 0 Å². The van der Waals surface area contributed by atoms with Gasteiger partial charge in [0.05, 0.1) is 6.42 Å². The predicted molar refractivity (Wildman–Crippen MR) is 64.2 cm³/mol. The van der Waals surface area contributed by atoms with Crippen molar-refractivity contribution in [3.63, 3.8) is 0 Å². The number of amides is 2. The summed E-state index contributed by atoms with van der Waals surface area (Å²) in [5, 5.41) is 0.694. The molecule has 1 aliphatic heterocycles. The lowest BCUT2D eigenvalue weighted by atomic mass is 9.84. The third kappa shape index (κ3) is 1.96. The molecule has 1 aromatic rings. The first kappa shape index (κ1) is 11.8. The Kier molecular flexibility index (Phi) is 2.54. The maximum atomic E-state index is 11.8. The van der Waals surface area contributed by atoms with E-state index in [1.807, 2.05) is 12.1 Å². The van der Waals surface area contributed by atoms with Crippen LogP contribution < -0.4 is 5.84 Å². The molecular formula is C13H16N2O2. The van der Waals surface area contributed by atoms with E-state index in [2.05, 4.69) is 20.8 Å². The number of fused-ring (bicyclic) bond motifs is 1. The van der Waals surface area contributed by atoms with Gasteiger partial charge in [0.1, 0.15) is 0 Å². The van der Waals surface area contributed by atoms with Crippen LogP contribution in [0.15, 0.2) is 18.2 Å². The van der Waals surface area contributed by atoms with Crippen LogP contribution in [0.2, 0.25) is 0 Å². The van der Waals surface area contributed by atoms with E-state index in [4.69, 9.17) is 5.84 Å². The molecule has 2 amide bonds. The molecule has 0 radical (unpaired) electrons. The maximum absolute atomic E-state index is 11.8. The van der Waals surface area contributed by atoms with Crippen LogP contribution >= 0.6 is 0 Å². The van der Waals surface area contributed by atoms with Gasteiger partial charge in [-0.05, 0) is 22.6 Å². The minimum absolute atomic E-state index is 0.000966. The van der Waals surface area contributed by atoms with Crippen molar-refractivity contribution in [1.29, 1.82) is 0 Å². The number of imide groups is 1. The van der Waals surface area contributed by atoms with E-state index >= 15 is 0 Å². The second-order valence-corrected chi connectivity index (χ2v) is 5.37. The minimum Gasteiger partial charge on any atom is -0.273 e. The highest BCUT2D eigenvalue weighted by Gasteiger charge is 2.29. The first-order chi connectivity index (χ1) is 7.80. The quantitative estimate of drug-likeness (QED) is 0.417. The number of benzene rings is 1. The van der Waals surface area contributed by atoms with Gasteiger partial charge >= 0.3 is 0 Å². The Morgan fingerprint density at radius 3 is 2.47 bits per heavy atom. The summed E-state index contributed by atoms with van der Waals surface area (Å²) in [7, 11) is 0. The monoisotopic (exact) mass is 232 g/mol. The van der Waals surface area contributed by atoms with Crippen molar-refractivity contribution >= 4 is 11.8 Å². The van der Waals surface area contributed by atoms with Crippen LogP contribution in [-0.2, 0) is 16.6 Å². The van der Waals surface area contributed by atoms with Crippen LogP contribution in [0.25, 0.3) is 0 Å². The molecule has 0 saturated heterocycles. The Labute approximate surface area is 100 Å². The molecule has 0 atom stereocenters. The fourth-order valence-corrected chi connectivity index (χ4v) is 1.91. The normalized spacial score (nSPS) is 16.1. The van der Waals surface area contributed by atoms with Crippen molar-refractivity contribution < 1.29 is 9.59 Å². The van der Waals surface area contributed by atoms with E-state index in [0.717, 1.165) is 11.1 Å². The van der Waals surface area contributed by atoms with Crippen LogP contribution in [0.3, 0.4) is 0 Å². The van der Waals surface area contributed by atoms with E-state index in [1.54, 1.807) is 6.07 Å². The van der Waals surface area contributed by atoms with Crippen LogP contribution in [0.5, 0.6) is 0 Å². The fraction of sp³-hybridized carbons (Fsp3) is 0.385. The lowest BCUT2D eigenvalue weighted by Gasteiger charge is -2.25. The molecule has 17 heavy (non-hydrogen) atoms. The Balaban J connectivity index is 2.51. The van der Waals surface area contributed by atoms with E-state index in [0.29, 0.717) is 10.6 Å². The lowest BCUT2D eigenvalue weighted by Crippen LogP contribution is -2.47. The number of carbonyl (C=O) groups is 2. The summed E-state index contributed by atoms with van der Waals surface area (Å²) < 4.78 is 0. The van der Waals surface area contributed by atoms with Crippen molar-refractivity contribution in [2.75, 3.05) is 0 Å². The van der Waals surface area contributed by atoms with Gasteiger partial charge in [-0.3, -0.25) is 9.59 Å². The Morgan fingerprint density at radius 1 is 1.24 bits per heavy atom. The predicted octanol–water partition coefficient (Wildman–Crippen LogP) is 1.38. The Hall–Kier alpha value is -1.68. The topological polar surface area (TPSA) is 63.4 Å². The summed E-state index contributed by atoms with van der Waals surface area (Å²) in [5.41, 5.74) is 2.41. The molecule has 0 saturated carbocycles. The first-order valence-corrected chi connectivity index (χ1v) is 5.56. The molecule has 1 heterocycles. The highest BCUT2D eigenvalue weighted by atomic mass is 16.2. The van der Waals surface area contributed by atoms with Gasteiger partial charge in [0, 0.05) is 5.56 Å². The lowest BCUT2D eigenvalue weighted by molar-refractivity contribution is -0.128. The SMILES string of the molecule is CC(C)(C)c1ccc2c(c1)CC(=O)N(N)C2=O. The molecule has 0 fully saturated rings. The zero-order valence-electron chi connectivity index (χ0n) is 10.3. The average Bonchev–Trinajstić information content (AvgIpc) is 2.24. The van der Waals surface area contributed by atoms with Gasteiger partial charge in [-0.2, -0.15) is 0 Å². The second-order valence-electron chi connectivity index (χ2n) is 5.37. The van der Waals surface area contributed by atoms with E-state index in [1.165, 1.54) is 0 Å². The number of rotatable bonds is 0. The summed E-state index contributed by atoms with van der Waals surface area (Å²) in [5.74, 6) is 4.62. The van der Waals surface area contributed by atoms with Crippen LogP contribution in [0, 0.1) is 0 Å². The highest BCUT2D eigenvalue weighted by Crippen LogP contribution is 2.27. The molecule has 0 bridgehead atoms. The van der Waals surface area contributed by atoms with E-state index < -0.39 is 5.91 Å². The van der Waals surface area contributed by atoms with Gasteiger partial charge in [-0.25, -0.2) is 10.9 Å². The summed E-state index contributed by atoms with van der Waals surface area (Å²) in [6.07, 6.45) is 0.196. The highest BCUT2D eigenvalue weighted by molar-refractivity contribution is 6.09. The number of hydrogen-bond acceptors (Lipinski definition) is 3. The van der Waals surface area contributed by atoms with Gasteiger partial charge < -0.3 is 0 Å². The van der Waals surface area contributed by atoms with Crippen LogP contribution in [0.4, 0.5) is 0 Å². The number of hydrogen-bond donors (Lipinski definition) is 1. The minimum atomic E-state index is -0.420. The van der Waals surface area contributed by atoms with Crippen molar-refractivity contribution in [1.82, 2.24) is 5.01 Å². The standard InChI is InChI=1S/C13H16N2O2/c1-13(2,3)9-4-5-10-8(6-9)7-11(16)15(14)12(10)17/h4-6H,7,14H2,1-3H3. The molecule has 4 nitrogen and oxygen atoms in total. The summed E-state index contributed by atoms with van der Waals surface area (Å²) >= 11 is 0. The molecule has 90 valence electrons. The maximum Gasteiger partial charge on any atom is 0.275 e. The zero-order chi connectivity index (χ0) is 12.8. The number of carbonyl (C=O) groups excluding carboxylic acids is 2.